The van der Waals surface area contributed by atoms with E-state index in [4.69, 9.17) is 0 Å². The van der Waals surface area contributed by atoms with Gasteiger partial charge in [0.1, 0.15) is 0 Å². The molecule has 17 heavy (non-hydrogen) atoms. The molecule has 3 rings (SSSR count). The molecule has 0 aliphatic carbocycles. The Bertz CT molecular complexity index is 608. The van der Waals surface area contributed by atoms with E-state index in [2.05, 4.69) is 4.98 Å². The first-order valence-electron chi connectivity index (χ1n) is 5.18. The van der Waals surface area contributed by atoms with Crippen molar-refractivity contribution in [2.45, 2.75) is 0 Å². The van der Waals surface area contributed by atoms with E-state index in [9.17, 15) is 9.59 Å². The third-order valence-electron chi connectivity index (χ3n) is 2.65. The molecule has 82 valence electrons. The molecule has 1 aliphatic heterocycles. The minimum atomic E-state index is -0.551. The Hall–Kier alpha value is -2.49. The highest BCUT2D eigenvalue weighted by Gasteiger charge is 2.37. The fourth-order valence-electron chi connectivity index (χ4n) is 1.88. The van der Waals surface area contributed by atoms with Crippen molar-refractivity contribution < 1.29 is 9.59 Å². The van der Waals surface area contributed by atoms with Gasteiger partial charge in [0.25, 0.3) is 5.78 Å². The number of benzene rings is 1. The van der Waals surface area contributed by atoms with Gasteiger partial charge >= 0.3 is 5.91 Å². The van der Waals surface area contributed by atoms with Crippen LogP contribution in [0.15, 0.2) is 48.7 Å². The van der Waals surface area contributed by atoms with E-state index in [1.165, 1.54) is 4.90 Å². The molecule has 2 heterocycles. The Kier molecular flexibility index (Phi) is 2.01. The molecule has 4 nitrogen and oxygen atoms in total. The van der Waals surface area contributed by atoms with Crippen LogP contribution in [0, 0.1) is 0 Å². The molecule has 0 saturated heterocycles. The molecule has 0 radical (unpaired) electrons. The van der Waals surface area contributed by atoms with Crippen LogP contribution in [0.25, 0.3) is 0 Å². The Morgan fingerprint density at radius 2 is 1.71 bits per heavy atom. The summed E-state index contributed by atoms with van der Waals surface area (Å²) < 4.78 is 0. The highest BCUT2D eigenvalue weighted by molar-refractivity contribution is 6.53. The lowest BCUT2D eigenvalue weighted by Gasteiger charge is -2.14. The molecule has 0 bridgehead atoms. The Balaban J connectivity index is 2.20. The van der Waals surface area contributed by atoms with Gasteiger partial charge in [-0.3, -0.25) is 14.5 Å². The molecule has 0 atom stereocenters. The van der Waals surface area contributed by atoms with E-state index in [0.29, 0.717) is 17.1 Å². The van der Waals surface area contributed by atoms with E-state index in [-0.39, 0.29) is 0 Å². The molecular weight excluding hydrogens is 216 g/mol. The highest BCUT2D eigenvalue weighted by Crippen LogP contribution is 2.32. The lowest BCUT2D eigenvalue weighted by Crippen LogP contribution is -2.25. The van der Waals surface area contributed by atoms with Crippen LogP contribution >= 0.6 is 0 Å². The lowest BCUT2D eigenvalue weighted by atomic mass is 10.2. The van der Waals surface area contributed by atoms with Crippen LogP contribution in [-0.4, -0.2) is 16.7 Å². The zero-order valence-corrected chi connectivity index (χ0v) is 8.83. The molecule has 1 amide bonds. The predicted octanol–water partition coefficient (Wildman–Crippen LogP) is 1.94. The van der Waals surface area contributed by atoms with E-state index >= 15 is 0 Å². The number of pyridine rings is 1. The molecule has 1 aliphatic rings. The van der Waals surface area contributed by atoms with E-state index < -0.39 is 11.7 Å². The molecule has 0 spiro atoms. The number of nitrogens with zero attached hydrogens (tertiary/aromatic N) is 2. The van der Waals surface area contributed by atoms with Gasteiger partial charge < -0.3 is 0 Å². The van der Waals surface area contributed by atoms with Crippen molar-refractivity contribution in [3.05, 3.63) is 54.2 Å². The van der Waals surface area contributed by atoms with Crippen molar-refractivity contribution in [3.63, 3.8) is 0 Å². The molecule has 0 fully saturated rings. The molecule has 2 aromatic rings. The molecular formula is C13H8N2O2. The summed E-state index contributed by atoms with van der Waals surface area (Å²) in [6, 6.07) is 12.3. The third-order valence-corrected chi connectivity index (χ3v) is 2.65. The number of Topliss-reactive ketones (excluding diaryl/α,β-unsaturated/α-hetero) is 1. The minimum absolute atomic E-state index is 0.362. The number of fused-ring (bicyclic) bond motifs is 1. The van der Waals surface area contributed by atoms with Crippen LogP contribution in [-0.2, 0) is 4.79 Å². The third kappa shape index (κ3) is 1.34. The van der Waals surface area contributed by atoms with Crippen LogP contribution in [0.5, 0.6) is 0 Å². The van der Waals surface area contributed by atoms with Gasteiger partial charge in [-0.2, -0.15) is 0 Å². The van der Waals surface area contributed by atoms with Crippen molar-refractivity contribution in [1.29, 1.82) is 0 Å². The van der Waals surface area contributed by atoms with Gasteiger partial charge in [0.2, 0.25) is 0 Å². The van der Waals surface area contributed by atoms with Gasteiger partial charge in [-0.25, -0.2) is 4.98 Å². The van der Waals surface area contributed by atoms with Crippen LogP contribution in [0.2, 0.25) is 0 Å². The number of amides is 1. The zero-order chi connectivity index (χ0) is 11.8. The van der Waals surface area contributed by atoms with Gasteiger partial charge in [-0.05, 0) is 24.3 Å². The SMILES string of the molecule is O=C1C(=O)N(c2ccccc2)c2ncccc21. The molecule has 4 heteroatoms. The number of para-hydroxylation sites is 1. The topological polar surface area (TPSA) is 50.3 Å². The summed E-state index contributed by atoms with van der Waals surface area (Å²) in [4.78, 5) is 29.1. The van der Waals surface area contributed by atoms with E-state index in [1.807, 2.05) is 18.2 Å². The fourth-order valence-corrected chi connectivity index (χ4v) is 1.88. The van der Waals surface area contributed by atoms with Crippen LogP contribution in [0.4, 0.5) is 11.5 Å². The second-order valence-electron chi connectivity index (χ2n) is 3.68. The van der Waals surface area contributed by atoms with Gasteiger partial charge in [0, 0.05) is 6.20 Å². The van der Waals surface area contributed by atoms with Gasteiger partial charge in [-0.15, -0.1) is 0 Å². The Labute approximate surface area is 97.5 Å². The summed E-state index contributed by atoms with van der Waals surface area (Å²) in [5.74, 6) is -0.643. The van der Waals surface area contributed by atoms with Gasteiger partial charge in [0.05, 0.1) is 11.3 Å². The number of hydrogen-bond donors (Lipinski definition) is 0. The quantitative estimate of drug-likeness (QED) is 0.695. The van der Waals surface area contributed by atoms with Crippen molar-refractivity contribution in [2.24, 2.45) is 0 Å². The summed E-state index contributed by atoms with van der Waals surface area (Å²) in [5, 5.41) is 0. The molecule has 0 saturated carbocycles. The van der Waals surface area contributed by atoms with Crippen LogP contribution in [0.1, 0.15) is 10.4 Å². The second kappa shape index (κ2) is 3.52. The average molecular weight is 224 g/mol. The van der Waals surface area contributed by atoms with Crippen molar-refractivity contribution in [2.75, 3.05) is 4.90 Å². The summed E-state index contributed by atoms with van der Waals surface area (Å²) in [6.07, 6.45) is 1.57. The average Bonchev–Trinajstić information content (AvgIpc) is 2.64. The minimum Gasteiger partial charge on any atom is -0.283 e. The summed E-state index contributed by atoms with van der Waals surface area (Å²) in [7, 11) is 0. The Morgan fingerprint density at radius 1 is 0.941 bits per heavy atom. The monoisotopic (exact) mass is 224 g/mol. The molecule has 0 unspecified atom stereocenters. The van der Waals surface area contributed by atoms with E-state index in [0.717, 1.165) is 0 Å². The van der Waals surface area contributed by atoms with Crippen LogP contribution < -0.4 is 4.90 Å². The maximum Gasteiger partial charge on any atom is 0.305 e. The largest absolute Gasteiger partial charge is 0.305 e. The normalized spacial score (nSPS) is 14.0. The number of anilines is 2. The molecule has 1 aromatic heterocycles. The first-order chi connectivity index (χ1) is 8.29. The molecule has 0 N–H and O–H groups in total. The smallest absolute Gasteiger partial charge is 0.283 e. The molecule has 1 aromatic carbocycles. The first kappa shape index (κ1) is 9.72. The zero-order valence-electron chi connectivity index (χ0n) is 8.83. The van der Waals surface area contributed by atoms with Gasteiger partial charge in [0.15, 0.2) is 5.82 Å². The maximum atomic E-state index is 11.9. The lowest BCUT2D eigenvalue weighted by molar-refractivity contribution is -0.113. The van der Waals surface area contributed by atoms with Crippen molar-refractivity contribution >= 4 is 23.2 Å². The highest BCUT2D eigenvalue weighted by atomic mass is 16.2. The van der Waals surface area contributed by atoms with Crippen LogP contribution in [0.3, 0.4) is 0 Å². The number of carbonyl (C=O) groups excluding carboxylic acids is 2. The first-order valence-corrected chi connectivity index (χ1v) is 5.18. The van der Waals surface area contributed by atoms with E-state index in [1.54, 1.807) is 30.5 Å². The summed E-state index contributed by atoms with van der Waals surface area (Å²) in [5.41, 5.74) is 1.02. The van der Waals surface area contributed by atoms with Gasteiger partial charge in [-0.1, -0.05) is 18.2 Å². The standard InChI is InChI=1S/C13H8N2O2/c16-11-10-7-4-8-14-12(10)15(13(11)17)9-5-2-1-3-6-9/h1-8H. The van der Waals surface area contributed by atoms with Crippen molar-refractivity contribution in [3.8, 4) is 0 Å². The fraction of sp³-hybridized carbons (Fsp3) is 0. The number of carbonyl (C=O) groups is 2. The number of hydrogen-bond acceptors (Lipinski definition) is 3. The summed E-state index contributed by atoms with van der Waals surface area (Å²) in [6.45, 7) is 0. The Morgan fingerprint density at radius 3 is 2.47 bits per heavy atom. The number of aromatic nitrogens is 1. The number of ketones is 1. The number of rotatable bonds is 1. The maximum absolute atomic E-state index is 11.9. The predicted molar refractivity (Wildman–Crippen MR) is 62.2 cm³/mol. The second-order valence-corrected chi connectivity index (χ2v) is 3.68. The van der Waals surface area contributed by atoms with Crippen molar-refractivity contribution in [1.82, 2.24) is 4.98 Å². The summed E-state index contributed by atoms with van der Waals surface area (Å²) >= 11 is 0.